The lowest BCUT2D eigenvalue weighted by atomic mass is 9.77. The zero-order valence-electron chi connectivity index (χ0n) is 17.2. The van der Waals surface area contributed by atoms with Crippen LogP contribution in [0.2, 0.25) is 0 Å². The van der Waals surface area contributed by atoms with Crippen molar-refractivity contribution in [3.8, 4) is 0 Å². The van der Waals surface area contributed by atoms with Gasteiger partial charge in [-0.15, -0.1) is 0 Å². The van der Waals surface area contributed by atoms with Crippen LogP contribution in [0.15, 0.2) is 78.9 Å². The molecule has 1 amide bonds. The van der Waals surface area contributed by atoms with Gasteiger partial charge in [-0.25, -0.2) is 0 Å². The van der Waals surface area contributed by atoms with Crippen molar-refractivity contribution in [3.05, 3.63) is 111 Å². The molecule has 2 atom stereocenters. The van der Waals surface area contributed by atoms with E-state index in [2.05, 4.69) is 0 Å². The Kier molecular flexibility index (Phi) is 5.67. The number of hydrogen-bond acceptors (Lipinski definition) is 4. The molecule has 3 aromatic rings. The van der Waals surface area contributed by atoms with Crippen LogP contribution in [0.5, 0.6) is 0 Å². The summed E-state index contributed by atoms with van der Waals surface area (Å²) in [5.41, 5.74) is -1.83. The molecular weight excluding hydrogens is 437 g/mol. The van der Waals surface area contributed by atoms with Gasteiger partial charge in [0.25, 0.3) is 5.91 Å². The van der Waals surface area contributed by atoms with Gasteiger partial charge >= 0.3 is 6.18 Å². The second kappa shape index (κ2) is 8.32. The summed E-state index contributed by atoms with van der Waals surface area (Å²) < 4.78 is 39.0. The summed E-state index contributed by atoms with van der Waals surface area (Å²) in [7, 11) is 0. The zero-order valence-corrected chi connectivity index (χ0v) is 17.2. The Hall–Kier alpha value is -3.72. The van der Waals surface area contributed by atoms with Crippen molar-refractivity contribution < 1.29 is 28.0 Å². The molecule has 0 saturated carbocycles. The average Bonchev–Trinajstić information content (AvgIpc) is 3.00. The molecule has 33 heavy (non-hydrogen) atoms. The second-order valence-corrected chi connectivity index (χ2v) is 7.85. The highest BCUT2D eigenvalue weighted by Crippen LogP contribution is 2.49. The number of alkyl halides is 3. The lowest BCUT2D eigenvalue weighted by Crippen LogP contribution is -2.46. The largest absolute Gasteiger partial charge is 0.416 e. The molecule has 0 bridgehead atoms. The number of anilines is 1. The van der Waals surface area contributed by atoms with Crippen molar-refractivity contribution in [1.29, 1.82) is 0 Å². The van der Waals surface area contributed by atoms with Crippen molar-refractivity contribution in [2.45, 2.75) is 24.2 Å². The molecule has 4 rings (SSSR count). The van der Waals surface area contributed by atoms with Crippen LogP contribution in [0.4, 0.5) is 18.9 Å². The van der Waals surface area contributed by atoms with Gasteiger partial charge < -0.3 is 10.0 Å². The Morgan fingerprint density at radius 1 is 0.970 bits per heavy atom. The second-order valence-electron chi connectivity index (χ2n) is 7.85. The van der Waals surface area contributed by atoms with Gasteiger partial charge in [-0.3, -0.25) is 14.9 Å². The number of hydrogen-bond donors (Lipinski definition) is 1. The highest BCUT2D eigenvalue weighted by molar-refractivity contribution is 6.07. The van der Waals surface area contributed by atoms with Crippen LogP contribution in [0, 0.1) is 10.1 Å². The normalized spacial score (nSPS) is 18.8. The van der Waals surface area contributed by atoms with E-state index in [0.717, 1.165) is 29.8 Å². The van der Waals surface area contributed by atoms with E-state index in [4.69, 9.17) is 0 Å². The molecule has 0 fully saturated rings. The molecule has 1 aliphatic heterocycles. The van der Waals surface area contributed by atoms with E-state index in [-0.39, 0.29) is 17.7 Å². The molecule has 0 unspecified atom stereocenters. The third kappa shape index (κ3) is 4.07. The number of nitro groups is 1. The van der Waals surface area contributed by atoms with Gasteiger partial charge in [-0.05, 0) is 29.3 Å². The van der Waals surface area contributed by atoms with Gasteiger partial charge in [0.2, 0.25) is 6.54 Å². The topological polar surface area (TPSA) is 83.7 Å². The van der Waals surface area contributed by atoms with Crippen LogP contribution >= 0.6 is 0 Å². The van der Waals surface area contributed by atoms with Crippen molar-refractivity contribution >= 4 is 11.6 Å². The maximum atomic E-state index is 13.6. The summed E-state index contributed by atoms with van der Waals surface area (Å²) in [5.74, 6) is -2.16. The number of nitrogens with zero attached hydrogens (tertiary/aromatic N) is 2. The molecule has 0 radical (unpaired) electrons. The molecule has 3 aromatic carbocycles. The Morgan fingerprint density at radius 3 is 2.18 bits per heavy atom. The summed E-state index contributed by atoms with van der Waals surface area (Å²) >= 11 is 0. The molecule has 170 valence electrons. The molecule has 1 aliphatic rings. The molecule has 1 N–H and O–H groups in total. The Labute approximate surface area is 187 Å². The first kappa shape index (κ1) is 22.5. The first-order valence-electron chi connectivity index (χ1n) is 10.1. The third-order valence-electron chi connectivity index (χ3n) is 5.84. The molecule has 0 spiro atoms. The maximum Gasteiger partial charge on any atom is 0.416 e. The predicted molar refractivity (Wildman–Crippen MR) is 114 cm³/mol. The number of rotatable bonds is 6. The van der Waals surface area contributed by atoms with Crippen LogP contribution < -0.4 is 4.90 Å². The predicted octanol–water partition coefficient (Wildman–Crippen LogP) is 4.50. The van der Waals surface area contributed by atoms with E-state index in [1.807, 2.05) is 6.07 Å². The standard InChI is InChI=1S/C24H19F3N2O4/c25-24(26,27)18-12-10-17(11-13-18)20(15-29(32)33)23(31)19-8-4-5-9-21(19)28(22(23)30)14-16-6-2-1-3-7-16/h1-13,20,31H,14-15H2/t20-,23+/m1/s1. The van der Waals surface area contributed by atoms with Crippen LogP contribution in [0.3, 0.4) is 0 Å². The van der Waals surface area contributed by atoms with E-state index >= 15 is 0 Å². The summed E-state index contributed by atoms with van der Waals surface area (Å²) in [6.07, 6.45) is -4.59. The number of halogens is 3. The summed E-state index contributed by atoms with van der Waals surface area (Å²) in [5, 5.41) is 23.2. The fourth-order valence-corrected chi connectivity index (χ4v) is 4.25. The van der Waals surface area contributed by atoms with Crippen LogP contribution in [-0.2, 0) is 23.1 Å². The Bertz CT molecular complexity index is 1180. The number of para-hydroxylation sites is 1. The maximum absolute atomic E-state index is 13.6. The van der Waals surface area contributed by atoms with E-state index in [0.29, 0.717) is 5.69 Å². The molecule has 9 heteroatoms. The minimum atomic E-state index is -4.59. The van der Waals surface area contributed by atoms with Crippen molar-refractivity contribution in [1.82, 2.24) is 0 Å². The van der Waals surface area contributed by atoms with Crippen LogP contribution in [0.25, 0.3) is 0 Å². The van der Waals surface area contributed by atoms with E-state index in [1.54, 1.807) is 42.5 Å². The van der Waals surface area contributed by atoms with E-state index in [9.17, 15) is 33.2 Å². The number of carbonyl (C=O) groups is 1. The van der Waals surface area contributed by atoms with Crippen molar-refractivity contribution in [3.63, 3.8) is 0 Å². The first-order chi connectivity index (χ1) is 15.6. The highest BCUT2D eigenvalue weighted by Gasteiger charge is 2.56. The number of amides is 1. The Balaban J connectivity index is 1.80. The minimum absolute atomic E-state index is 0.0620. The first-order valence-corrected chi connectivity index (χ1v) is 10.1. The fraction of sp³-hybridized carbons (Fsp3) is 0.208. The molecule has 0 aliphatic carbocycles. The molecule has 0 saturated heterocycles. The van der Waals surface area contributed by atoms with Gasteiger partial charge in [-0.1, -0.05) is 60.7 Å². The van der Waals surface area contributed by atoms with Gasteiger partial charge in [0, 0.05) is 10.5 Å². The number of carbonyl (C=O) groups excluding carboxylic acids is 1. The number of fused-ring (bicyclic) bond motifs is 1. The lowest BCUT2D eigenvalue weighted by molar-refractivity contribution is -0.486. The van der Waals surface area contributed by atoms with E-state index < -0.39 is 40.6 Å². The van der Waals surface area contributed by atoms with Gasteiger partial charge in [0.1, 0.15) is 0 Å². The van der Waals surface area contributed by atoms with Gasteiger partial charge in [0.15, 0.2) is 5.60 Å². The van der Waals surface area contributed by atoms with Crippen LogP contribution in [-0.4, -0.2) is 22.5 Å². The summed E-state index contributed by atoms with van der Waals surface area (Å²) in [6, 6.07) is 19.2. The monoisotopic (exact) mass is 456 g/mol. The van der Waals surface area contributed by atoms with Crippen LogP contribution in [0.1, 0.15) is 28.2 Å². The smallest absolute Gasteiger partial charge is 0.375 e. The summed E-state index contributed by atoms with van der Waals surface area (Å²) in [4.78, 5) is 25.7. The number of aliphatic hydroxyl groups is 1. The molecule has 0 aromatic heterocycles. The van der Waals surface area contributed by atoms with E-state index in [1.165, 1.54) is 11.0 Å². The van der Waals surface area contributed by atoms with Gasteiger partial charge in [-0.2, -0.15) is 13.2 Å². The zero-order chi connectivity index (χ0) is 23.8. The SMILES string of the molecule is O=C1N(Cc2ccccc2)c2ccccc2[C@]1(O)[C@H](C[N+](=O)[O-])c1ccc(C(F)(F)F)cc1. The molecule has 1 heterocycles. The number of benzene rings is 3. The van der Waals surface area contributed by atoms with Gasteiger partial charge in [0.05, 0.1) is 23.7 Å². The Morgan fingerprint density at radius 2 is 1.58 bits per heavy atom. The van der Waals surface area contributed by atoms with Crippen molar-refractivity contribution in [2.24, 2.45) is 0 Å². The van der Waals surface area contributed by atoms with Crippen molar-refractivity contribution in [2.75, 3.05) is 11.4 Å². The minimum Gasteiger partial charge on any atom is -0.375 e. The highest BCUT2D eigenvalue weighted by atomic mass is 19.4. The average molecular weight is 456 g/mol. The molecular formula is C24H19F3N2O4. The quantitative estimate of drug-likeness (QED) is 0.437. The fourth-order valence-electron chi connectivity index (χ4n) is 4.25. The molecule has 6 nitrogen and oxygen atoms in total. The third-order valence-corrected chi connectivity index (χ3v) is 5.84. The lowest BCUT2D eigenvalue weighted by Gasteiger charge is -2.30. The summed E-state index contributed by atoms with van der Waals surface area (Å²) in [6.45, 7) is -0.724.